The first kappa shape index (κ1) is 32.9. The van der Waals surface area contributed by atoms with E-state index in [0.29, 0.717) is 23.4 Å². The molecule has 13 nitrogen and oxygen atoms in total. The summed E-state index contributed by atoms with van der Waals surface area (Å²) in [6, 6.07) is 12.5. The van der Waals surface area contributed by atoms with Crippen LogP contribution in [0, 0.1) is 5.82 Å². The van der Waals surface area contributed by atoms with Crippen LogP contribution in [0.3, 0.4) is 0 Å². The number of amides is 3. The molecule has 3 amide bonds. The number of carboxylic acid groups (broad SMARTS) is 1. The molecular formula is C32H30ClFN8O5. The lowest BCUT2D eigenvalue weighted by Crippen LogP contribution is -2.45. The Bertz CT molecular complexity index is 1860. The number of tetrazole rings is 1. The second kappa shape index (κ2) is 13.9. The molecular weight excluding hydrogens is 631 g/mol. The van der Waals surface area contributed by atoms with Crippen LogP contribution in [0.15, 0.2) is 67.0 Å². The van der Waals surface area contributed by atoms with Gasteiger partial charge < -0.3 is 25.1 Å². The molecule has 15 heteroatoms. The highest BCUT2D eigenvalue weighted by Gasteiger charge is 2.37. The van der Waals surface area contributed by atoms with E-state index >= 15 is 4.39 Å². The van der Waals surface area contributed by atoms with Gasteiger partial charge >= 0.3 is 5.97 Å². The molecule has 5 rings (SSSR count). The van der Waals surface area contributed by atoms with Gasteiger partial charge in [-0.1, -0.05) is 23.7 Å². The fraction of sp³-hybridized carbons (Fsp3) is 0.219. The van der Waals surface area contributed by atoms with Gasteiger partial charge in [-0.05, 0) is 90.6 Å². The molecule has 2 N–H and O–H groups in total. The van der Waals surface area contributed by atoms with E-state index < -0.39 is 29.6 Å². The number of fused-ring (bicyclic) bond motifs is 1. The molecule has 242 valence electrons. The first-order valence-corrected chi connectivity index (χ1v) is 14.7. The maximum Gasteiger partial charge on any atom is 0.335 e. The van der Waals surface area contributed by atoms with Gasteiger partial charge in [0.05, 0.1) is 22.8 Å². The quantitative estimate of drug-likeness (QED) is 0.257. The highest BCUT2D eigenvalue weighted by molar-refractivity contribution is 6.31. The summed E-state index contributed by atoms with van der Waals surface area (Å²) in [6.07, 6.45) is 3.99. The van der Waals surface area contributed by atoms with Crippen LogP contribution in [0.2, 0.25) is 5.02 Å². The lowest BCUT2D eigenvalue weighted by Gasteiger charge is -2.37. The van der Waals surface area contributed by atoms with Crippen LogP contribution in [0.25, 0.3) is 11.8 Å². The van der Waals surface area contributed by atoms with Crippen LogP contribution in [-0.2, 0) is 20.8 Å². The number of carbonyl (C=O) groups is 4. The van der Waals surface area contributed by atoms with Crippen molar-refractivity contribution in [2.24, 2.45) is 0 Å². The Labute approximate surface area is 273 Å². The number of rotatable bonds is 9. The highest BCUT2D eigenvalue weighted by atomic mass is 35.5. The highest BCUT2D eigenvalue weighted by Crippen LogP contribution is 2.37. The van der Waals surface area contributed by atoms with Crippen LogP contribution in [0.4, 0.5) is 15.8 Å². The van der Waals surface area contributed by atoms with E-state index in [1.54, 1.807) is 44.2 Å². The number of carbonyl (C=O) groups excluding carboxylic acids is 3. The second-order valence-corrected chi connectivity index (χ2v) is 11.4. The molecule has 3 aromatic carbocycles. The minimum absolute atomic E-state index is 0.0392. The second-order valence-electron chi connectivity index (χ2n) is 11.0. The van der Waals surface area contributed by atoms with Crippen molar-refractivity contribution in [1.82, 2.24) is 30.0 Å². The summed E-state index contributed by atoms with van der Waals surface area (Å²) < 4.78 is 16.4. The number of nitrogens with zero attached hydrogens (tertiary/aromatic N) is 7. The van der Waals surface area contributed by atoms with Gasteiger partial charge in [0.1, 0.15) is 12.4 Å². The fourth-order valence-electron chi connectivity index (χ4n) is 5.34. The molecule has 0 saturated heterocycles. The zero-order valence-corrected chi connectivity index (χ0v) is 26.3. The molecule has 1 aromatic heterocycles. The number of halogens is 2. The molecule has 1 aliphatic heterocycles. The third kappa shape index (κ3) is 7.03. The van der Waals surface area contributed by atoms with Gasteiger partial charge in [0.25, 0.3) is 5.91 Å². The number of anilines is 2. The number of likely N-dealkylation sites (N-methyl/N-ethyl adjacent to an activating group) is 2. The number of hydrogen-bond donors (Lipinski definition) is 2. The van der Waals surface area contributed by atoms with E-state index in [9.17, 15) is 24.3 Å². The van der Waals surface area contributed by atoms with Crippen molar-refractivity contribution in [3.05, 3.63) is 100 Å². The molecule has 2 heterocycles. The summed E-state index contributed by atoms with van der Waals surface area (Å²) in [5.74, 6) is -3.24. The van der Waals surface area contributed by atoms with E-state index in [2.05, 4.69) is 20.8 Å². The molecule has 1 unspecified atom stereocenters. The predicted octanol–water partition coefficient (Wildman–Crippen LogP) is 3.46. The number of nitrogens with one attached hydrogen (secondary N) is 1. The summed E-state index contributed by atoms with van der Waals surface area (Å²) in [5, 5.41) is 22.8. The smallest absolute Gasteiger partial charge is 0.335 e. The minimum atomic E-state index is -1.16. The average molecular weight is 661 g/mol. The first-order chi connectivity index (χ1) is 22.5. The van der Waals surface area contributed by atoms with Crippen LogP contribution in [-0.4, -0.2) is 93.0 Å². The summed E-state index contributed by atoms with van der Waals surface area (Å²) in [7, 11) is 5.23. The topological polar surface area (TPSA) is 154 Å². The first-order valence-electron chi connectivity index (χ1n) is 14.3. The molecule has 1 atom stereocenters. The van der Waals surface area contributed by atoms with Crippen molar-refractivity contribution in [2.75, 3.05) is 44.4 Å². The molecule has 0 fully saturated rings. The Hall–Kier alpha value is -5.47. The normalized spacial score (nSPS) is 14.3. The summed E-state index contributed by atoms with van der Waals surface area (Å²) in [5.41, 5.74) is 2.38. The van der Waals surface area contributed by atoms with E-state index in [0.717, 1.165) is 11.6 Å². The number of aromatic carboxylic acids is 1. The average Bonchev–Trinajstić information content (AvgIpc) is 3.59. The Balaban J connectivity index is 1.53. The summed E-state index contributed by atoms with van der Waals surface area (Å²) in [4.78, 5) is 56.7. The Morgan fingerprint density at radius 1 is 1.09 bits per heavy atom. The number of carboxylic acids is 1. The SMILES string of the molecule is CN(C)CC(=O)N(C)c1cccc2c1CCN(C(=O)C=Cc1c(-n3cnnn3)ccc(Cl)c1F)C2C(=O)Nc1ccc(C(=O)O)cc1. The van der Waals surface area contributed by atoms with Crippen LogP contribution in [0.5, 0.6) is 0 Å². The standard InChI is InChI=1S/C32H30ClFN8O5/c1-39(2)17-28(44)40(3)25-6-4-5-22-21(25)15-16-41(30(22)31(45)36-20-9-7-19(8-10-20)32(46)47)27(43)14-11-23-26(42-18-35-37-38-42)13-12-24(33)29(23)34/h4-14,18,30H,15-17H2,1-3H3,(H,36,45)(H,46,47). The van der Waals surface area contributed by atoms with E-state index in [1.807, 2.05) is 0 Å². The van der Waals surface area contributed by atoms with Gasteiger partial charge in [-0.25, -0.2) is 9.18 Å². The van der Waals surface area contributed by atoms with E-state index in [1.165, 1.54) is 63.3 Å². The molecule has 47 heavy (non-hydrogen) atoms. The number of hydrogen-bond acceptors (Lipinski definition) is 8. The number of aromatic nitrogens is 4. The van der Waals surface area contributed by atoms with Gasteiger partial charge in [0.2, 0.25) is 11.8 Å². The van der Waals surface area contributed by atoms with Gasteiger partial charge in [0, 0.05) is 36.6 Å². The Morgan fingerprint density at radius 2 is 1.83 bits per heavy atom. The molecule has 1 aliphatic rings. The largest absolute Gasteiger partial charge is 0.478 e. The minimum Gasteiger partial charge on any atom is -0.478 e. The molecule has 4 aromatic rings. The Morgan fingerprint density at radius 3 is 2.49 bits per heavy atom. The van der Waals surface area contributed by atoms with Crippen molar-refractivity contribution in [3.63, 3.8) is 0 Å². The van der Waals surface area contributed by atoms with Crippen molar-refractivity contribution in [1.29, 1.82) is 0 Å². The van der Waals surface area contributed by atoms with Crippen molar-refractivity contribution >= 4 is 52.7 Å². The lowest BCUT2D eigenvalue weighted by molar-refractivity contribution is -0.135. The van der Waals surface area contributed by atoms with Gasteiger partial charge in [0.15, 0.2) is 5.82 Å². The predicted molar refractivity (Wildman–Crippen MR) is 172 cm³/mol. The molecule has 0 spiro atoms. The molecule has 0 aliphatic carbocycles. The molecule has 0 radical (unpaired) electrons. The zero-order chi connectivity index (χ0) is 33.8. The van der Waals surface area contributed by atoms with Crippen molar-refractivity contribution < 1.29 is 28.7 Å². The monoisotopic (exact) mass is 660 g/mol. The summed E-state index contributed by atoms with van der Waals surface area (Å²) >= 11 is 6.05. The van der Waals surface area contributed by atoms with Gasteiger partial charge in [-0.15, -0.1) is 5.10 Å². The van der Waals surface area contributed by atoms with Crippen molar-refractivity contribution in [2.45, 2.75) is 12.5 Å². The fourth-order valence-corrected chi connectivity index (χ4v) is 5.50. The van der Waals surface area contributed by atoms with Crippen LogP contribution >= 0.6 is 11.6 Å². The van der Waals surface area contributed by atoms with Crippen LogP contribution < -0.4 is 10.2 Å². The zero-order valence-electron chi connectivity index (χ0n) is 25.6. The van der Waals surface area contributed by atoms with Crippen LogP contribution in [0.1, 0.15) is 33.1 Å². The van der Waals surface area contributed by atoms with Gasteiger partial charge in [-0.3, -0.25) is 14.4 Å². The maximum absolute atomic E-state index is 15.2. The third-order valence-corrected chi connectivity index (χ3v) is 7.90. The summed E-state index contributed by atoms with van der Waals surface area (Å²) in [6.45, 7) is 0.259. The lowest BCUT2D eigenvalue weighted by atomic mass is 9.89. The third-order valence-electron chi connectivity index (χ3n) is 7.61. The van der Waals surface area contributed by atoms with E-state index in [4.69, 9.17) is 11.6 Å². The van der Waals surface area contributed by atoms with E-state index in [-0.39, 0.29) is 40.8 Å². The molecule has 0 bridgehead atoms. The van der Waals surface area contributed by atoms with Crippen molar-refractivity contribution in [3.8, 4) is 5.69 Å². The number of benzene rings is 3. The maximum atomic E-state index is 15.2. The van der Waals surface area contributed by atoms with Gasteiger partial charge in [-0.2, -0.15) is 4.68 Å². The molecule has 0 saturated carbocycles. The Kier molecular flexibility index (Phi) is 9.72.